The summed E-state index contributed by atoms with van der Waals surface area (Å²) < 4.78 is 0.351. The van der Waals surface area contributed by atoms with Crippen LogP contribution in [0.4, 0.5) is 5.82 Å². The van der Waals surface area contributed by atoms with E-state index in [1.807, 2.05) is 0 Å². The first kappa shape index (κ1) is 15.5. The minimum absolute atomic E-state index is 0.214. The molecule has 0 saturated heterocycles. The molecule has 1 aromatic rings. The van der Waals surface area contributed by atoms with E-state index in [1.165, 1.54) is 25.7 Å². The Labute approximate surface area is 130 Å². The van der Waals surface area contributed by atoms with Crippen molar-refractivity contribution in [2.45, 2.75) is 57.3 Å². The Morgan fingerprint density at radius 1 is 0.952 bits per heavy atom. The molecule has 1 aliphatic rings. The van der Waals surface area contributed by atoms with Crippen LogP contribution in [0.5, 0.6) is 0 Å². The van der Waals surface area contributed by atoms with Gasteiger partial charge in [-0.25, -0.2) is 0 Å². The molecule has 4 nitrogen and oxygen atoms in total. The normalized spacial score (nSPS) is 17.0. The van der Waals surface area contributed by atoms with Gasteiger partial charge < -0.3 is 10.7 Å². The second-order valence-corrected chi connectivity index (χ2v) is 6.06. The standard InChI is InChI=1S/C16H20N4S/c17-9-12-14(13(10-18)16(21)20-15(12)19)11-7-5-3-1-2-4-6-8-11/h11H,1-8H2,(H3,19,20,21). The molecular formula is C16H20N4S. The number of aromatic amines is 1. The van der Waals surface area contributed by atoms with Gasteiger partial charge in [0, 0.05) is 0 Å². The molecule has 2 rings (SSSR count). The number of nitrogens with one attached hydrogen (secondary N) is 1. The molecule has 0 radical (unpaired) electrons. The summed E-state index contributed by atoms with van der Waals surface area (Å²) in [5.74, 6) is 0.502. The topological polar surface area (TPSA) is 89.4 Å². The lowest BCUT2D eigenvalue weighted by atomic mass is 9.85. The summed E-state index contributed by atoms with van der Waals surface area (Å²) in [6, 6.07) is 4.33. The van der Waals surface area contributed by atoms with Crippen LogP contribution in [-0.4, -0.2) is 4.98 Å². The molecule has 0 bridgehead atoms. The second-order valence-electron chi connectivity index (χ2n) is 5.65. The fourth-order valence-electron chi connectivity index (χ4n) is 3.20. The van der Waals surface area contributed by atoms with Gasteiger partial charge in [-0.2, -0.15) is 10.5 Å². The zero-order valence-electron chi connectivity index (χ0n) is 12.1. The van der Waals surface area contributed by atoms with Gasteiger partial charge in [0.1, 0.15) is 22.6 Å². The maximum Gasteiger partial charge on any atom is 0.123 e. The van der Waals surface area contributed by atoms with Gasteiger partial charge in [-0.05, 0) is 24.3 Å². The number of H-pyrrole nitrogens is 1. The summed E-state index contributed by atoms with van der Waals surface area (Å²) in [4.78, 5) is 2.78. The van der Waals surface area contributed by atoms with Crippen LogP contribution >= 0.6 is 12.2 Å². The van der Waals surface area contributed by atoms with E-state index in [4.69, 9.17) is 18.0 Å². The Balaban J connectivity index is 2.52. The van der Waals surface area contributed by atoms with Crippen LogP contribution in [-0.2, 0) is 0 Å². The maximum atomic E-state index is 9.44. The molecule has 1 heterocycles. The number of pyridine rings is 1. The fourth-order valence-corrected chi connectivity index (χ4v) is 3.47. The molecule has 0 unspecified atom stereocenters. The van der Waals surface area contributed by atoms with Crippen molar-refractivity contribution in [3.05, 3.63) is 21.3 Å². The first-order valence-corrected chi connectivity index (χ1v) is 7.95. The van der Waals surface area contributed by atoms with E-state index in [0.29, 0.717) is 15.8 Å². The molecule has 0 aromatic carbocycles. The Kier molecular flexibility index (Phi) is 5.36. The zero-order valence-corrected chi connectivity index (χ0v) is 12.9. The highest BCUT2D eigenvalue weighted by Crippen LogP contribution is 2.35. The Bertz CT molecular complexity index is 638. The van der Waals surface area contributed by atoms with Crippen molar-refractivity contribution in [1.29, 1.82) is 10.5 Å². The summed E-state index contributed by atoms with van der Waals surface area (Å²) in [7, 11) is 0. The van der Waals surface area contributed by atoms with Crippen LogP contribution < -0.4 is 5.73 Å². The smallest absolute Gasteiger partial charge is 0.123 e. The zero-order chi connectivity index (χ0) is 15.2. The number of nitrogen functional groups attached to an aromatic ring is 1. The summed E-state index contributed by atoms with van der Waals surface area (Å²) in [6.07, 6.45) is 9.26. The van der Waals surface area contributed by atoms with E-state index >= 15 is 0 Å². The summed E-state index contributed by atoms with van der Waals surface area (Å²) in [5, 5.41) is 18.9. The highest BCUT2D eigenvalue weighted by Gasteiger charge is 2.23. The molecule has 5 heteroatoms. The average molecular weight is 300 g/mol. The van der Waals surface area contributed by atoms with Gasteiger partial charge in [0.05, 0.1) is 11.1 Å². The van der Waals surface area contributed by atoms with Gasteiger partial charge in [0.2, 0.25) is 0 Å². The van der Waals surface area contributed by atoms with E-state index in [1.54, 1.807) is 0 Å². The Hall–Kier alpha value is -1.85. The number of hydrogen-bond acceptors (Lipinski definition) is 4. The third-order valence-corrected chi connectivity index (χ3v) is 4.58. The van der Waals surface area contributed by atoms with Gasteiger partial charge in [-0.3, -0.25) is 0 Å². The van der Waals surface area contributed by atoms with E-state index in [-0.39, 0.29) is 11.7 Å². The molecule has 21 heavy (non-hydrogen) atoms. The van der Waals surface area contributed by atoms with Crippen molar-refractivity contribution < 1.29 is 0 Å². The molecule has 1 saturated carbocycles. The van der Waals surface area contributed by atoms with Gasteiger partial charge in [-0.15, -0.1) is 0 Å². The molecular weight excluding hydrogens is 280 g/mol. The predicted molar refractivity (Wildman–Crippen MR) is 85.1 cm³/mol. The lowest BCUT2D eigenvalue weighted by Crippen LogP contribution is -2.10. The first-order chi connectivity index (χ1) is 10.2. The van der Waals surface area contributed by atoms with Crippen molar-refractivity contribution in [2.75, 3.05) is 5.73 Å². The molecule has 1 aliphatic carbocycles. The molecule has 0 aliphatic heterocycles. The molecule has 110 valence electrons. The van der Waals surface area contributed by atoms with Gasteiger partial charge in [0.25, 0.3) is 0 Å². The van der Waals surface area contributed by atoms with Crippen molar-refractivity contribution in [3.8, 4) is 12.1 Å². The molecule has 1 aromatic heterocycles. The number of nitriles is 2. The van der Waals surface area contributed by atoms with Crippen LogP contribution in [0.1, 0.15) is 74.0 Å². The monoisotopic (exact) mass is 300 g/mol. The first-order valence-electron chi connectivity index (χ1n) is 7.55. The van der Waals surface area contributed by atoms with E-state index < -0.39 is 0 Å². The fraction of sp³-hybridized carbons (Fsp3) is 0.562. The number of aromatic nitrogens is 1. The minimum Gasteiger partial charge on any atom is -0.384 e. The van der Waals surface area contributed by atoms with Crippen LogP contribution in [0.2, 0.25) is 0 Å². The molecule has 3 N–H and O–H groups in total. The van der Waals surface area contributed by atoms with Crippen LogP contribution in [0.25, 0.3) is 0 Å². The van der Waals surface area contributed by atoms with Crippen molar-refractivity contribution in [2.24, 2.45) is 0 Å². The number of nitrogens with zero attached hydrogens (tertiary/aromatic N) is 2. The molecule has 0 atom stereocenters. The number of nitrogens with two attached hydrogens (primary N) is 1. The summed E-state index contributed by atoms with van der Waals surface area (Å²) in [6.45, 7) is 0. The minimum atomic E-state index is 0.214. The summed E-state index contributed by atoms with van der Waals surface area (Å²) in [5.41, 5.74) is 7.53. The number of hydrogen-bond donors (Lipinski definition) is 2. The van der Waals surface area contributed by atoms with E-state index in [0.717, 1.165) is 31.2 Å². The highest BCUT2D eigenvalue weighted by atomic mass is 32.1. The molecule has 0 spiro atoms. The average Bonchev–Trinajstić information content (AvgIpc) is 2.60. The SMILES string of the molecule is N#Cc1c(N)[nH]c(=S)c(C#N)c1C1CCCCCCCC1. The number of rotatable bonds is 1. The maximum absolute atomic E-state index is 9.44. The van der Waals surface area contributed by atoms with Crippen molar-refractivity contribution in [3.63, 3.8) is 0 Å². The highest BCUT2D eigenvalue weighted by molar-refractivity contribution is 7.71. The third-order valence-electron chi connectivity index (χ3n) is 4.27. The van der Waals surface area contributed by atoms with Gasteiger partial charge >= 0.3 is 0 Å². The predicted octanol–water partition coefficient (Wildman–Crippen LogP) is 4.29. The second kappa shape index (κ2) is 7.24. The lowest BCUT2D eigenvalue weighted by molar-refractivity contribution is 0.537. The molecule has 0 amide bonds. The van der Waals surface area contributed by atoms with Gasteiger partial charge in [0.15, 0.2) is 0 Å². The molecule has 1 fully saturated rings. The Morgan fingerprint density at radius 2 is 1.48 bits per heavy atom. The van der Waals surface area contributed by atoms with E-state index in [9.17, 15) is 10.5 Å². The van der Waals surface area contributed by atoms with Crippen LogP contribution in [0.15, 0.2) is 0 Å². The van der Waals surface area contributed by atoms with Crippen molar-refractivity contribution in [1.82, 2.24) is 4.98 Å². The van der Waals surface area contributed by atoms with Crippen molar-refractivity contribution >= 4 is 18.0 Å². The van der Waals surface area contributed by atoms with E-state index in [2.05, 4.69) is 17.1 Å². The quantitative estimate of drug-likeness (QED) is 0.757. The van der Waals surface area contributed by atoms with Gasteiger partial charge in [-0.1, -0.05) is 50.7 Å². The van der Waals surface area contributed by atoms with Crippen LogP contribution in [0.3, 0.4) is 0 Å². The van der Waals surface area contributed by atoms with Crippen LogP contribution in [0, 0.1) is 27.3 Å². The Morgan fingerprint density at radius 3 is 2.00 bits per heavy atom. The summed E-state index contributed by atoms with van der Waals surface area (Å²) >= 11 is 5.22. The lowest BCUT2D eigenvalue weighted by Gasteiger charge is -2.20. The number of anilines is 1. The third kappa shape index (κ3) is 3.43. The largest absolute Gasteiger partial charge is 0.384 e.